The highest BCUT2D eigenvalue weighted by molar-refractivity contribution is 6.04. The standard InChI is InChI=1S/C22H26N4O2/c1-13(2)18-7-6-8-19(14(3)4)21(18)24-17-10-16(11-23-12-17)22(27)25-20-9-15(5)28-26-20/h6-14,24H,1-5H3,(H,25,26,27). The van der Waals surface area contributed by atoms with Gasteiger partial charge in [0.05, 0.1) is 17.4 Å². The molecule has 0 fully saturated rings. The molecular weight excluding hydrogens is 352 g/mol. The molecule has 6 nitrogen and oxygen atoms in total. The Balaban J connectivity index is 1.88. The third-order valence-electron chi connectivity index (χ3n) is 4.51. The first-order valence-corrected chi connectivity index (χ1v) is 9.44. The van der Waals surface area contributed by atoms with Crippen molar-refractivity contribution in [2.45, 2.75) is 46.5 Å². The van der Waals surface area contributed by atoms with Gasteiger partial charge in [-0.15, -0.1) is 0 Å². The maximum Gasteiger partial charge on any atom is 0.258 e. The van der Waals surface area contributed by atoms with Crippen LogP contribution in [0.4, 0.5) is 17.2 Å². The fraction of sp³-hybridized carbons (Fsp3) is 0.318. The van der Waals surface area contributed by atoms with Crippen molar-refractivity contribution in [1.29, 1.82) is 0 Å². The molecule has 0 aliphatic carbocycles. The van der Waals surface area contributed by atoms with Crippen molar-refractivity contribution < 1.29 is 9.32 Å². The van der Waals surface area contributed by atoms with E-state index in [0.717, 1.165) is 11.4 Å². The van der Waals surface area contributed by atoms with E-state index in [2.05, 4.69) is 66.7 Å². The van der Waals surface area contributed by atoms with Gasteiger partial charge in [0.1, 0.15) is 5.76 Å². The Labute approximate surface area is 165 Å². The first-order valence-electron chi connectivity index (χ1n) is 9.44. The maximum absolute atomic E-state index is 12.5. The van der Waals surface area contributed by atoms with Crippen molar-refractivity contribution in [3.8, 4) is 0 Å². The summed E-state index contributed by atoms with van der Waals surface area (Å²) in [4.78, 5) is 16.7. The number of nitrogens with one attached hydrogen (secondary N) is 2. The molecule has 1 amide bonds. The fourth-order valence-corrected chi connectivity index (χ4v) is 3.09. The number of hydrogen-bond acceptors (Lipinski definition) is 5. The molecule has 0 saturated heterocycles. The van der Waals surface area contributed by atoms with Crippen molar-refractivity contribution in [3.05, 3.63) is 65.2 Å². The largest absolute Gasteiger partial charge is 0.360 e. The highest BCUT2D eigenvalue weighted by Gasteiger charge is 2.15. The molecule has 0 atom stereocenters. The van der Waals surface area contributed by atoms with Crippen LogP contribution in [-0.2, 0) is 0 Å². The SMILES string of the molecule is Cc1cc(NC(=O)c2cncc(Nc3c(C(C)C)cccc3C(C)C)c2)no1. The number of rotatable bonds is 6. The minimum Gasteiger partial charge on any atom is -0.360 e. The lowest BCUT2D eigenvalue weighted by Crippen LogP contribution is -2.13. The number of hydrogen-bond donors (Lipinski definition) is 2. The van der Waals surface area contributed by atoms with Crippen LogP contribution in [0.1, 0.15) is 66.8 Å². The van der Waals surface area contributed by atoms with E-state index >= 15 is 0 Å². The minimum absolute atomic E-state index is 0.286. The zero-order chi connectivity index (χ0) is 20.3. The lowest BCUT2D eigenvalue weighted by molar-refractivity contribution is 0.102. The van der Waals surface area contributed by atoms with E-state index in [1.165, 1.54) is 17.3 Å². The molecule has 1 aromatic carbocycles. The monoisotopic (exact) mass is 378 g/mol. The maximum atomic E-state index is 12.5. The second-order valence-electron chi connectivity index (χ2n) is 7.49. The van der Waals surface area contributed by atoms with E-state index in [0.29, 0.717) is 29.0 Å². The van der Waals surface area contributed by atoms with Gasteiger partial charge < -0.3 is 15.2 Å². The summed E-state index contributed by atoms with van der Waals surface area (Å²) < 4.78 is 4.98. The van der Waals surface area contributed by atoms with Gasteiger partial charge in [-0.2, -0.15) is 0 Å². The van der Waals surface area contributed by atoms with Gasteiger partial charge in [-0.25, -0.2) is 0 Å². The summed E-state index contributed by atoms with van der Waals surface area (Å²) >= 11 is 0. The van der Waals surface area contributed by atoms with Gasteiger partial charge in [0.25, 0.3) is 5.91 Å². The van der Waals surface area contributed by atoms with E-state index in [1.807, 2.05) is 0 Å². The molecule has 3 aromatic rings. The predicted molar refractivity (Wildman–Crippen MR) is 111 cm³/mol. The van der Waals surface area contributed by atoms with Crippen molar-refractivity contribution in [3.63, 3.8) is 0 Å². The average molecular weight is 378 g/mol. The molecule has 6 heteroatoms. The van der Waals surface area contributed by atoms with Gasteiger partial charge in [-0.05, 0) is 36.0 Å². The molecule has 0 aliphatic rings. The van der Waals surface area contributed by atoms with Crippen LogP contribution < -0.4 is 10.6 Å². The topological polar surface area (TPSA) is 80.0 Å². The Morgan fingerprint density at radius 1 is 1.04 bits per heavy atom. The smallest absolute Gasteiger partial charge is 0.258 e. The van der Waals surface area contributed by atoms with E-state index < -0.39 is 0 Å². The molecule has 2 heterocycles. The second-order valence-corrected chi connectivity index (χ2v) is 7.49. The first kappa shape index (κ1) is 19.6. The number of carbonyl (C=O) groups excluding carboxylic acids is 1. The lowest BCUT2D eigenvalue weighted by Gasteiger charge is -2.21. The number of aromatic nitrogens is 2. The van der Waals surface area contributed by atoms with E-state index in [-0.39, 0.29) is 5.91 Å². The van der Waals surface area contributed by atoms with E-state index in [1.54, 1.807) is 25.3 Å². The third-order valence-corrected chi connectivity index (χ3v) is 4.51. The number of para-hydroxylation sites is 1. The molecule has 0 radical (unpaired) electrons. The Morgan fingerprint density at radius 2 is 1.71 bits per heavy atom. The second kappa shape index (κ2) is 8.25. The van der Waals surface area contributed by atoms with Crippen molar-refractivity contribution in [2.75, 3.05) is 10.6 Å². The number of carbonyl (C=O) groups is 1. The Kier molecular flexibility index (Phi) is 5.78. The number of amides is 1. The van der Waals surface area contributed by atoms with Crippen molar-refractivity contribution in [1.82, 2.24) is 10.1 Å². The summed E-state index contributed by atoms with van der Waals surface area (Å²) in [6.45, 7) is 10.5. The Morgan fingerprint density at radius 3 is 2.29 bits per heavy atom. The lowest BCUT2D eigenvalue weighted by atomic mass is 9.92. The summed E-state index contributed by atoms with van der Waals surface area (Å²) in [6, 6.07) is 9.82. The molecule has 2 aromatic heterocycles. The summed E-state index contributed by atoms with van der Waals surface area (Å²) in [5, 5.41) is 10.00. The van der Waals surface area contributed by atoms with Gasteiger partial charge in [0, 0.05) is 18.0 Å². The van der Waals surface area contributed by atoms with Crippen LogP contribution in [0.15, 0.2) is 47.2 Å². The number of benzene rings is 1. The van der Waals surface area contributed by atoms with Crippen LogP contribution in [0.5, 0.6) is 0 Å². The number of nitrogens with zero attached hydrogens (tertiary/aromatic N) is 2. The fourth-order valence-electron chi connectivity index (χ4n) is 3.09. The molecule has 0 aliphatic heterocycles. The molecule has 3 rings (SSSR count). The molecular formula is C22H26N4O2. The van der Waals surface area contributed by atoms with E-state index in [4.69, 9.17) is 4.52 Å². The summed E-state index contributed by atoms with van der Waals surface area (Å²) in [5.74, 6) is 1.47. The number of pyridine rings is 1. The van der Waals surface area contributed by atoms with Gasteiger partial charge in [0.15, 0.2) is 5.82 Å². The van der Waals surface area contributed by atoms with Crippen molar-refractivity contribution in [2.24, 2.45) is 0 Å². The van der Waals surface area contributed by atoms with Crippen LogP contribution in [-0.4, -0.2) is 16.0 Å². The quantitative estimate of drug-likeness (QED) is 0.582. The highest BCUT2D eigenvalue weighted by Crippen LogP contribution is 2.34. The predicted octanol–water partition coefficient (Wildman–Crippen LogP) is 5.62. The Hall–Kier alpha value is -3.15. The first-order chi connectivity index (χ1) is 13.3. The van der Waals surface area contributed by atoms with Gasteiger partial charge >= 0.3 is 0 Å². The number of anilines is 3. The van der Waals surface area contributed by atoms with Crippen LogP contribution >= 0.6 is 0 Å². The minimum atomic E-state index is -0.286. The highest BCUT2D eigenvalue weighted by atomic mass is 16.5. The summed E-state index contributed by atoms with van der Waals surface area (Å²) in [5.41, 5.74) is 4.76. The Bertz CT molecular complexity index is 950. The third kappa shape index (κ3) is 4.39. The van der Waals surface area contributed by atoms with E-state index in [9.17, 15) is 4.79 Å². The molecule has 28 heavy (non-hydrogen) atoms. The van der Waals surface area contributed by atoms with Gasteiger partial charge in [-0.3, -0.25) is 9.78 Å². The molecule has 146 valence electrons. The average Bonchev–Trinajstić information content (AvgIpc) is 3.06. The number of aryl methyl sites for hydroxylation is 1. The van der Waals surface area contributed by atoms with Crippen LogP contribution in [0.3, 0.4) is 0 Å². The van der Waals surface area contributed by atoms with Crippen LogP contribution in [0.2, 0.25) is 0 Å². The summed E-state index contributed by atoms with van der Waals surface area (Å²) in [7, 11) is 0. The van der Waals surface area contributed by atoms with Crippen molar-refractivity contribution >= 4 is 23.1 Å². The normalized spacial score (nSPS) is 11.1. The summed E-state index contributed by atoms with van der Waals surface area (Å²) in [6.07, 6.45) is 3.25. The molecule has 2 N–H and O–H groups in total. The van der Waals surface area contributed by atoms with Crippen LogP contribution in [0.25, 0.3) is 0 Å². The molecule has 0 unspecified atom stereocenters. The zero-order valence-electron chi connectivity index (χ0n) is 16.9. The zero-order valence-corrected chi connectivity index (χ0v) is 16.9. The van der Waals surface area contributed by atoms with Crippen LogP contribution in [0, 0.1) is 6.92 Å². The molecule has 0 spiro atoms. The molecule has 0 bridgehead atoms. The molecule has 0 saturated carbocycles. The van der Waals surface area contributed by atoms with Gasteiger partial charge in [-0.1, -0.05) is 51.1 Å². The van der Waals surface area contributed by atoms with Gasteiger partial charge in [0.2, 0.25) is 0 Å².